The second-order valence-corrected chi connectivity index (χ2v) is 6.00. The number of hydrogen-bond donors (Lipinski definition) is 1. The number of hydrogen-bond acceptors (Lipinski definition) is 7. The summed E-state index contributed by atoms with van der Waals surface area (Å²) in [5.74, 6) is 0. The summed E-state index contributed by atoms with van der Waals surface area (Å²) in [6.07, 6.45) is 1.73. The van der Waals surface area contributed by atoms with Crippen molar-refractivity contribution in [2.45, 2.75) is 13.0 Å². The van der Waals surface area contributed by atoms with Gasteiger partial charge in [0.1, 0.15) is 6.04 Å². The van der Waals surface area contributed by atoms with E-state index in [-0.39, 0.29) is 6.04 Å². The monoisotopic (exact) mass is 344 g/mol. The van der Waals surface area contributed by atoms with Crippen LogP contribution in [-0.2, 0) is 0 Å². The summed E-state index contributed by atoms with van der Waals surface area (Å²) < 4.78 is 0. The van der Waals surface area contributed by atoms with Crippen molar-refractivity contribution >= 4 is 38.9 Å². The van der Waals surface area contributed by atoms with E-state index >= 15 is 0 Å². The molecule has 3 aromatic rings. The van der Waals surface area contributed by atoms with Gasteiger partial charge in [0, 0.05) is 6.20 Å². The molecule has 1 N–H and O–H groups in total. The first-order chi connectivity index (χ1) is 11.2. The van der Waals surface area contributed by atoms with Gasteiger partial charge in [0.15, 0.2) is 0 Å². The predicted molar refractivity (Wildman–Crippen MR) is 91.8 cm³/mol. The lowest BCUT2D eigenvalue weighted by Gasteiger charge is -2.02. The van der Waals surface area contributed by atoms with E-state index in [1.165, 1.54) is 11.3 Å². The average Bonchev–Trinajstić information content (AvgIpc) is 3.03. The van der Waals surface area contributed by atoms with Crippen LogP contribution in [0.2, 0.25) is 5.02 Å². The Morgan fingerprint density at radius 1 is 1.13 bits per heavy atom. The number of pyridine rings is 1. The fraction of sp³-hybridized carbons (Fsp3) is 0.133. The molecular weight excluding hydrogens is 332 g/mol. The summed E-state index contributed by atoms with van der Waals surface area (Å²) in [6.45, 7) is 1.93. The summed E-state index contributed by atoms with van der Waals surface area (Å²) in [6, 6.07) is 13.0. The number of para-hydroxylation sites is 1. The number of anilines is 2. The van der Waals surface area contributed by atoms with Crippen LogP contribution < -0.4 is 5.32 Å². The van der Waals surface area contributed by atoms with Crippen LogP contribution in [-0.4, -0.2) is 15.2 Å². The number of rotatable bonds is 5. The molecular formula is C15H13ClN6S. The normalized spacial score (nSPS) is 12.4. The summed E-state index contributed by atoms with van der Waals surface area (Å²) >= 11 is 7.40. The van der Waals surface area contributed by atoms with E-state index in [1.54, 1.807) is 12.3 Å². The van der Waals surface area contributed by atoms with Crippen molar-refractivity contribution in [3.8, 4) is 0 Å². The Kier molecular flexibility index (Phi) is 4.89. The average molecular weight is 345 g/mol. The van der Waals surface area contributed by atoms with Crippen molar-refractivity contribution in [2.75, 3.05) is 5.32 Å². The molecule has 0 aliphatic carbocycles. The maximum absolute atomic E-state index is 6.10. The van der Waals surface area contributed by atoms with Crippen molar-refractivity contribution in [2.24, 2.45) is 10.2 Å². The van der Waals surface area contributed by atoms with Gasteiger partial charge in [-0.3, -0.25) is 4.98 Å². The predicted octanol–water partition coefficient (Wildman–Crippen LogP) is 5.18. The van der Waals surface area contributed by atoms with Crippen molar-refractivity contribution in [1.29, 1.82) is 0 Å². The van der Waals surface area contributed by atoms with Crippen molar-refractivity contribution in [3.63, 3.8) is 0 Å². The first-order valence-electron chi connectivity index (χ1n) is 6.89. The third-order valence-corrected chi connectivity index (χ3v) is 4.01. The van der Waals surface area contributed by atoms with Gasteiger partial charge in [0.05, 0.1) is 16.4 Å². The highest BCUT2D eigenvalue weighted by Gasteiger charge is 2.07. The van der Waals surface area contributed by atoms with Crippen LogP contribution in [0.15, 0.2) is 58.9 Å². The van der Waals surface area contributed by atoms with E-state index in [9.17, 15) is 0 Å². The fourth-order valence-corrected chi connectivity index (χ4v) is 2.57. The molecule has 8 heteroatoms. The summed E-state index contributed by atoms with van der Waals surface area (Å²) in [5, 5.41) is 21.2. The van der Waals surface area contributed by atoms with Gasteiger partial charge in [0.25, 0.3) is 5.13 Å². The quantitative estimate of drug-likeness (QED) is 0.647. The minimum Gasteiger partial charge on any atom is -0.329 e. The Morgan fingerprint density at radius 3 is 2.74 bits per heavy atom. The molecule has 0 amide bonds. The lowest BCUT2D eigenvalue weighted by Crippen LogP contribution is -1.91. The van der Waals surface area contributed by atoms with Crippen LogP contribution >= 0.6 is 22.9 Å². The van der Waals surface area contributed by atoms with Crippen molar-refractivity contribution in [1.82, 2.24) is 15.2 Å². The van der Waals surface area contributed by atoms with Crippen LogP contribution in [0.25, 0.3) is 0 Å². The minimum absolute atomic E-state index is 0.139. The molecule has 2 heterocycles. The van der Waals surface area contributed by atoms with E-state index in [1.807, 2.05) is 43.3 Å². The maximum atomic E-state index is 6.10. The highest BCUT2D eigenvalue weighted by molar-refractivity contribution is 7.18. The van der Waals surface area contributed by atoms with Gasteiger partial charge in [-0.25, -0.2) is 0 Å². The van der Waals surface area contributed by atoms with Crippen LogP contribution in [0.5, 0.6) is 0 Å². The zero-order valence-electron chi connectivity index (χ0n) is 12.2. The number of nitrogens with zero attached hydrogens (tertiary/aromatic N) is 5. The lowest BCUT2D eigenvalue weighted by atomic mass is 10.2. The molecule has 116 valence electrons. The zero-order chi connectivity index (χ0) is 16.1. The minimum atomic E-state index is -0.139. The SMILES string of the molecule is CC(N=Nc1nnc(Nc2ccccc2Cl)s1)c1ccccn1. The first kappa shape index (κ1) is 15.5. The summed E-state index contributed by atoms with van der Waals surface area (Å²) in [5.41, 5.74) is 1.63. The molecule has 0 saturated carbocycles. The Labute approximate surface area is 142 Å². The number of nitrogens with one attached hydrogen (secondary N) is 1. The third kappa shape index (κ3) is 4.08. The molecule has 0 aliphatic rings. The highest BCUT2D eigenvalue weighted by atomic mass is 35.5. The second kappa shape index (κ2) is 7.26. The molecule has 0 spiro atoms. The molecule has 2 aromatic heterocycles. The molecule has 3 rings (SSSR count). The molecule has 1 atom stereocenters. The zero-order valence-corrected chi connectivity index (χ0v) is 13.8. The highest BCUT2D eigenvalue weighted by Crippen LogP contribution is 2.30. The largest absolute Gasteiger partial charge is 0.329 e. The van der Waals surface area contributed by atoms with Gasteiger partial charge in [-0.1, -0.05) is 41.1 Å². The molecule has 0 bridgehead atoms. The van der Waals surface area contributed by atoms with E-state index in [0.717, 1.165) is 11.4 Å². The molecule has 1 aromatic carbocycles. The van der Waals surface area contributed by atoms with Gasteiger partial charge in [-0.05, 0) is 31.2 Å². The number of aromatic nitrogens is 3. The summed E-state index contributed by atoms with van der Waals surface area (Å²) in [4.78, 5) is 4.25. The van der Waals surface area contributed by atoms with Crippen molar-refractivity contribution in [3.05, 3.63) is 59.4 Å². The van der Waals surface area contributed by atoms with E-state index in [0.29, 0.717) is 15.3 Å². The molecule has 0 radical (unpaired) electrons. The number of benzene rings is 1. The fourth-order valence-electron chi connectivity index (χ4n) is 1.80. The van der Waals surface area contributed by atoms with Crippen molar-refractivity contribution < 1.29 is 0 Å². The van der Waals surface area contributed by atoms with Gasteiger partial charge in [-0.2, -0.15) is 5.11 Å². The third-order valence-electron chi connectivity index (χ3n) is 2.96. The van der Waals surface area contributed by atoms with Gasteiger partial charge in [0.2, 0.25) is 5.13 Å². The van der Waals surface area contributed by atoms with Gasteiger partial charge in [-0.15, -0.1) is 15.3 Å². The molecule has 0 fully saturated rings. The Balaban J connectivity index is 1.68. The van der Waals surface area contributed by atoms with E-state index in [2.05, 4.69) is 30.7 Å². The lowest BCUT2D eigenvalue weighted by molar-refractivity contribution is 0.733. The van der Waals surface area contributed by atoms with Crippen LogP contribution in [0.3, 0.4) is 0 Å². The molecule has 1 unspecified atom stereocenters. The molecule has 23 heavy (non-hydrogen) atoms. The van der Waals surface area contributed by atoms with E-state index < -0.39 is 0 Å². The van der Waals surface area contributed by atoms with Crippen LogP contribution in [0.4, 0.5) is 16.0 Å². The summed E-state index contributed by atoms with van der Waals surface area (Å²) in [7, 11) is 0. The maximum Gasteiger partial charge on any atom is 0.253 e. The first-order valence-corrected chi connectivity index (χ1v) is 8.08. The van der Waals surface area contributed by atoms with E-state index in [4.69, 9.17) is 11.6 Å². The van der Waals surface area contributed by atoms with Crippen LogP contribution in [0, 0.1) is 0 Å². The second-order valence-electron chi connectivity index (χ2n) is 4.64. The number of azo groups is 1. The molecule has 0 saturated heterocycles. The Bertz CT molecular complexity index is 804. The van der Waals surface area contributed by atoms with Gasteiger partial charge >= 0.3 is 0 Å². The molecule has 6 nitrogen and oxygen atoms in total. The Hall–Kier alpha value is -2.38. The smallest absolute Gasteiger partial charge is 0.253 e. The standard InChI is InChI=1S/C15H13ClN6S/c1-10(12-7-4-5-9-17-12)19-21-15-22-20-14(23-15)18-13-8-3-2-6-11(13)16/h2-10H,1H3,(H,18,20). The Morgan fingerprint density at radius 2 is 1.96 bits per heavy atom. The van der Waals surface area contributed by atoms with Gasteiger partial charge < -0.3 is 5.32 Å². The van der Waals surface area contributed by atoms with Crippen LogP contribution in [0.1, 0.15) is 18.7 Å². The topological polar surface area (TPSA) is 75.4 Å². The number of halogens is 1. The molecule has 0 aliphatic heterocycles.